The molecule has 1 aliphatic carbocycles. The first-order valence-corrected chi connectivity index (χ1v) is 8.76. The lowest BCUT2D eigenvalue weighted by molar-refractivity contribution is -0.288. The van der Waals surface area contributed by atoms with Crippen LogP contribution in [0.25, 0.3) is 0 Å². The summed E-state index contributed by atoms with van der Waals surface area (Å²) in [5.41, 5.74) is -6.20. The maximum atomic E-state index is 14.0. The largest absolute Gasteiger partial charge is 0.508 e. The number of phenols is 1. The summed E-state index contributed by atoms with van der Waals surface area (Å²) in [5, 5.41) is 9.29. The van der Waals surface area contributed by atoms with Gasteiger partial charge in [-0.25, -0.2) is 0 Å². The quantitative estimate of drug-likeness (QED) is 0.622. The summed E-state index contributed by atoms with van der Waals surface area (Å²) in [6.07, 6.45) is -7.80. The minimum Gasteiger partial charge on any atom is -0.508 e. The fourth-order valence-electron chi connectivity index (χ4n) is 3.68. The molecule has 3 rings (SSSR count). The second kappa shape index (κ2) is 7.22. The molecule has 0 unspecified atom stereocenters. The van der Waals surface area contributed by atoms with Crippen LogP contribution in [0.2, 0.25) is 0 Å². The Morgan fingerprint density at radius 2 is 1.14 bits per heavy atom. The summed E-state index contributed by atoms with van der Waals surface area (Å²) in [5.74, 6) is -0.193. The summed E-state index contributed by atoms with van der Waals surface area (Å²) in [4.78, 5) is 0. The van der Waals surface area contributed by atoms with Crippen LogP contribution in [0.4, 0.5) is 26.3 Å². The number of alkyl halides is 6. The van der Waals surface area contributed by atoms with E-state index in [-0.39, 0.29) is 11.9 Å². The van der Waals surface area contributed by atoms with E-state index in [4.69, 9.17) is 4.74 Å². The first-order valence-electron chi connectivity index (χ1n) is 8.76. The van der Waals surface area contributed by atoms with Crippen LogP contribution >= 0.6 is 0 Å². The molecule has 1 fully saturated rings. The lowest BCUT2D eigenvalue weighted by atomic mass is 9.73. The third-order valence-electron chi connectivity index (χ3n) is 5.04. The van der Waals surface area contributed by atoms with E-state index in [2.05, 4.69) is 0 Å². The fourth-order valence-corrected chi connectivity index (χ4v) is 3.68. The zero-order chi connectivity index (χ0) is 20.6. The van der Waals surface area contributed by atoms with Crippen molar-refractivity contribution >= 4 is 0 Å². The normalized spacial score (nSPS) is 16.4. The van der Waals surface area contributed by atoms with Gasteiger partial charge < -0.3 is 9.84 Å². The van der Waals surface area contributed by atoms with Gasteiger partial charge in [-0.3, -0.25) is 0 Å². The van der Waals surface area contributed by atoms with E-state index in [1.54, 1.807) is 0 Å². The number of phenolic OH excluding ortho intramolecular Hbond substituents is 1. The molecule has 0 saturated heterocycles. The number of aromatic hydroxyl groups is 1. The molecule has 152 valence electrons. The van der Waals surface area contributed by atoms with Crippen molar-refractivity contribution in [2.75, 3.05) is 0 Å². The lowest BCUT2D eigenvalue weighted by Gasteiger charge is -2.38. The summed E-state index contributed by atoms with van der Waals surface area (Å²) < 4.78 is 89.4. The molecule has 1 N–H and O–H groups in total. The molecule has 8 heteroatoms. The minimum absolute atomic E-state index is 0.0714. The van der Waals surface area contributed by atoms with Gasteiger partial charge in [-0.15, -0.1) is 0 Å². The third-order valence-corrected chi connectivity index (χ3v) is 5.04. The van der Waals surface area contributed by atoms with Gasteiger partial charge in [-0.05, 0) is 61.1 Å². The number of ether oxygens (including phenoxy) is 1. The number of rotatable bonds is 4. The Hall–Kier alpha value is -2.38. The summed E-state index contributed by atoms with van der Waals surface area (Å²) in [6, 6.07) is 6.77. The molecule has 0 aliphatic heterocycles. The van der Waals surface area contributed by atoms with Crippen LogP contribution in [0.5, 0.6) is 11.5 Å². The van der Waals surface area contributed by atoms with Gasteiger partial charge in [0.25, 0.3) is 0 Å². The van der Waals surface area contributed by atoms with Crippen molar-refractivity contribution in [1.29, 1.82) is 0 Å². The Kier molecular flexibility index (Phi) is 5.25. The Bertz CT molecular complexity index is 773. The maximum Gasteiger partial charge on any atom is 0.411 e. The molecule has 2 aromatic carbocycles. The van der Waals surface area contributed by atoms with E-state index >= 15 is 0 Å². The van der Waals surface area contributed by atoms with Crippen molar-refractivity contribution in [3.8, 4) is 11.5 Å². The Morgan fingerprint density at radius 3 is 1.57 bits per heavy atom. The van der Waals surface area contributed by atoms with E-state index in [1.807, 2.05) is 0 Å². The monoisotopic (exact) mass is 404 g/mol. The van der Waals surface area contributed by atoms with Gasteiger partial charge in [-0.2, -0.15) is 26.3 Å². The van der Waals surface area contributed by atoms with E-state index in [0.717, 1.165) is 62.1 Å². The van der Waals surface area contributed by atoms with Crippen LogP contribution in [0.15, 0.2) is 48.5 Å². The number of benzene rings is 2. The SMILES string of the molecule is Oc1ccc(C(c2ccc(OC3CCCC3)cc2)(C(F)(F)F)C(F)(F)F)cc1. The smallest absolute Gasteiger partial charge is 0.411 e. The molecule has 0 heterocycles. The number of halogens is 6. The van der Waals surface area contributed by atoms with Crippen molar-refractivity contribution in [3.05, 3.63) is 59.7 Å². The average Bonchev–Trinajstić information content (AvgIpc) is 3.09. The molecule has 2 nitrogen and oxygen atoms in total. The van der Waals surface area contributed by atoms with E-state index < -0.39 is 34.6 Å². The highest BCUT2D eigenvalue weighted by Gasteiger charge is 2.72. The van der Waals surface area contributed by atoms with Crippen LogP contribution in [0, 0.1) is 0 Å². The zero-order valence-electron chi connectivity index (χ0n) is 14.6. The van der Waals surface area contributed by atoms with Gasteiger partial charge in [0.05, 0.1) is 6.10 Å². The summed E-state index contributed by atoms with van der Waals surface area (Å²) >= 11 is 0. The number of hydrogen-bond donors (Lipinski definition) is 1. The highest BCUT2D eigenvalue weighted by atomic mass is 19.4. The zero-order valence-corrected chi connectivity index (χ0v) is 14.6. The molecule has 0 spiro atoms. The first kappa shape index (κ1) is 20.4. The molecule has 0 amide bonds. The van der Waals surface area contributed by atoms with Gasteiger partial charge >= 0.3 is 12.4 Å². The lowest BCUT2D eigenvalue weighted by Crippen LogP contribution is -2.54. The maximum absolute atomic E-state index is 14.0. The molecule has 0 radical (unpaired) electrons. The Labute approximate surface area is 157 Å². The summed E-state index contributed by atoms with van der Waals surface area (Å²) in [6.45, 7) is 0. The highest BCUT2D eigenvalue weighted by molar-refractivity contribution is 5.46. The van der Waals surface area contributed by atoms with E-state index in [1.165, 1.54) is 0 Å². The molecule has 2 aromatic rings. The molecule has 1 aliphatic rings. The standard InChI is InChI=1S/C20H18F6O2/c21-19(22,23)18(20(24,25)26,13-5-9-15(27)10-6-13)14-7-11-17(12-8-14)28-16-3-1-2-4-16/h5-12,16,27H,1-4H2. The third kappa shape index (κ3) is 3.52. The first-order chi connectivity index (χ1) is 13.1. The van der Waals surface area contributed by atoms with Gasteiger partial charge in [0, 0.05) is 0 Å². The highest BCUT2D eigenvalue weighted by Crippen LogP contribution is 2.56. The van der Waals surface area contributed by atoms with Crippen LogP contribution in [-0.4, -0.2) is 23.6 Å². The van der Waals surface area contributed by atoms with Crippen molar-refractivity contribution in [2.24, 2.45) is 0 Å². The van der Waals surface area contributed by atoms with Crippen LogP contribution < -0.4 is 4.74 Å². The van der Waals surface area contributed by atoms with Gasteiger partial charge in [0.2, 0.25) is 5.41 Å². The fraction of sp³-hybridized carbons (Fsp3) is 0.400. The Morgan fingerprint density at radius 1 is 0.714 bits per heavy atom. The second-order valence-corrected chi connectivity index (χ2v) is 6.84. The summed E-state index contributed by atoms with van der Waals surface area (Å²) in [7, 11) is 0. The predicted octanol–water partition coefficient (Wildman–Crippen LogP) is 6.12. The molecular weight excluding hydrogens is 386 g/mol. The van der Waals surface area contributed by atoms with Gasteiger partial charge in [-0.1, -0.05) is 24.3 Å². The molecule has 0 bridgehead atoms. The van der Waals surface area contributed by atoms with Gasteiger partial charge in [0.1, 0.15) is 11.5 Å². The predicted molar refractivity (Wildman–Crippen MR) is 90.3 cm³/mol. The van der Waals surface area contributed by atoms with Crippen molar-refractivity contribution in [3.63, 3.8) is 0 Å². The molecule has 0 aromatic heterocycles. The van der Waals surface area contributed by atoms with Gasteiger partial charge in [0.15, 0.2) is 0 Å². The molecule has 28 heavy (non-hydrogen) atoms. The second-order valence-electron chi connectivity index (χ2n) is 6.84. The topological polar surface area (TPSA) is 29.5 Å². The van der Waals surface area contributed by atoms with E-state index in [9.17, 15) is 31.4 Å². The van der Waals surface area contributed by atoms with E-state index in [0.29, 0.717) is 12.1 Å². The van der Waals surface area contributed by atoms with Crippen LogP contribution in [0.1, 0.15) is 36.8 Å². The average molecular weight is 404 g/mol. The van der Waals surface area contributed by atoms with Crippen LogP contribution in [0.3, 0.4) is 0 Å². The number of hydrogen-bond acceptors (Lipinski definition) is 2. The molecular formula is C20H18F6O2. The van der Waals surface area contributed by atoms with Crippen molar-refractivity contribution in [2.45, 2.75) is 49.6 Å². The van der Waals surface area contributed by atoms with Crippen LogP contribution in [-0.2, 0) is 5.41 Å². The molecule has 0 atom stereocenters. The van der Waals surface area contributed by atoms with Crippen molar-refractivity contribution in [1.82, 2.24) is 0 Å². The van der Waals surface area contributed by atoms with Crippen molar-refractivity contribution < 1.29 is 36.2 Å². The molecule has 1 saturated carbocycles. The Balaban J connectivity index is 2.09. The minimum atomic E-state index is -5.66.